The molecule has 2 heterocycles. The molecule has 2 aromatic rings. The van der Waals surface area contributed by atoms with Crippen molar-refractivity contribution in [3.05, 3.63) is 47.4 Å². The van der Waals surface area contributed by atoms with Crippen LogP contribution in [-0.4, -0.2) is 32.6 Å². The van der Waals surface area contributed by atoms with Crippen molar-refractivity contribution in [2.24, 2.45) is 5.92 Å². The smallest absolute Gasteiger partial charge is 0.326 e. The van der Waals surface area contributed by atoms with Crippen molar-refractivity contribution in [3.8, 4) is 5.82 Å². The van der Waals surface area contributed by atoms with Crippen LogP contribution < -0.4 is 5.32 Å². The van der Waals surface area contributed by atoms with E-state index in [1.54, 1.807) is 26.1 Å². The first-order valence-corrected chi connectivity index (χ1v) is 7.47. The molecule has 23 heavy (non-hydrogen) atoms. The minimum absolute atomic E-state index is 0.198. The molecule has 6 nitrogen and oxygen atoms in total. The lowest BCUT2D eigenvalue weighted by Gasteiger charge is -2.18. The number of carbonyl (C=O) groups is 2. The molecule has 0 spiro atoms. The van der Waals surface area contributed by atoms with Gasteiger partial charge in [-0.2, -0.15) is 0 Å². The molecule has 2 rings (SSSR count). The van der Waals surface area contributed by atoms with Crippen molar-refractivity contribution >= 4 is 11.9 Å². The second-order valence-corrected chi connectivity index (χ2v) is 5.84. The van der Waals surface area contributed by atoms with Crippen LogP contribution in [0.4, 0.5) is 0 Å². The number of pyridine rings is 1. The van der Waals surface area contributed by atoms with E-state index in [1.165, 1.54) is 0 Å². The summed E-state index contributed by atoms with van der Waals surface area (Å²) < 4.78 is 1.88. The number of nitrogens with zero attached hydrogens (tertiary/aromatic N) is 2. The molecule has 1 amide bonds. The third-order valence-corrected chi connectivity index (χ3v) is 3.77. The zero-order valence-electron chi connectivity index (χ0n) is 13.7. The maximum atomic E-state index is 12.5. The number of rotatable bonds is 5. The molecule has 0 radical (unpaired) electrons. The molecule has 0 saturated heterocycles. The van der Waals surface area contributed by atoms with Gasteiger partial charge in [-0.3, -0.25) is 4.79 Å². The predicted molar refractivity (Wildman–Crippen MR) is 86.8 cm³/mol. The van der Waals surface area contributed by atoms with Crippen molar-refractivity contribution in [1.29, 1.82) is 0 Å². The van der Waals surface area contributed by atoms with Crippen LogP contribution in [0, 0.1) is 19.8 Å². The molecule has 0 aliphatic rings. The number of aliphatic carboxylic acids is 1. The number of carboxylic acid groups (broad SMARTS) is 1. The van der Waals surface area contributed by atoms with E-state index in [9.17, 15) is 14.7 Å². The lowest BCUT2D eigenvalue weighted by atomic mass is 10.0. The molecular formula is C17H21N3O3. The Morgan fingerprint density at radius 2 is 1.96 bits per heavy atom. The number of hydrogen-bond donors (Lipinski definition) is 2. The number of hydrogen-bond acceptors (Lipinski definition) is 3. The summed E-state index contributed by atoms with van der Waals surface area (Å²) in [5, 5.41) is 11.8. The highest BCUT2D eigenvalue weighted by Crippen LogP contribution is 2.19. The molecule has 0 saturated carbocycles. The molecule has 0 aromatic carbocycles. The topological polar surface area (TPSA) is 84.2 Å². The Kier molecular flexibility index (Phi) is 4.83. The summed E-state index contributed by atoms with van der Waals surface area (Å²) >= 11 is 0. The van der Waals surface area contributed by atoms with Crippen LogP contribution in [-0.2, 0) is 4.79 Å². The Labute approximate surface area is 135 Å². The second-order valence-electron chi connectivity index (χ2n) is 5.84. The Morgan fingerprint density at radius 3 is 2.48 bits per heavy atom. The predicted octanol–water partition coefficient (Wildman–Crippen LogP) is 2.33. The van der Waals surface area contributed by atoms with Gasteiger partial charge in [0.2, 0.25) is 0 Å². The monoisotopic (exact) mass is 315 g/mol. The number of amides is 1. The highest BCUT2D eigenvalue weighted by Gasteiger charge is 2.26. The summed E-state index contributed by atoms with van der Waals surface area (Å²) in [6, 6.07) is 6.39. The zero-order valence-corrected chi connectivity index (χ0v) is 13.7. The first kappa shape index (κ1) is 16.7. The fourth-order valence-electron chi connectivity index (χ4n) is 2.56. The maximum Gasteiger partial charge on any atom is 0.326 e. The minimum atomic E-state index is -1.04. The van der Waals surface area contributed by atoms with Gasteiger partial charge in [-0.1, -0.05) is 19.9 Å². The molecular weight excluding hydrogens is 294 g/mol. The summed E-state index contributed by atoms with van der Waals surface area (Å²) in [6.45, 7) is 7.23. The number of carboxylic acids is 1. The van der Waals surface area contributed by atoms with Crippen LogP contribution >= 0.6 is 0 Å². The SMILES string of the molecule is Cc1cc(C(=O)N[C@@H](C(=O)O)C(C)C)c(C)n1-c1ccccn1. The lowest BCUT2D eigenvalue weighted by molar-refractivity contribution is -0.140. The van der Waals surface area contributed by atoms with Gasteiger partial charge in [-0.25, -0.2) is 9.78 Å². The Bertz CT molecular complexity index is 720. The molecule has 0 unspecified atom stereocenters. The molecule has 0 aliphatic carbocycles. The first-order chi connectivity index (χ1) is 10.8. The fourth-order valence-corrected chi connectivity index (χ4v) is 2.56. The molecule has 1 atom stereocenters. The van der Waals surface area contributed by atoms with Gasteiger partial charge in [0.25, 0.3) is 5.91 Å². The highest BCUT2D eigenvalue weighted by molar-refractivity contribution is 5.98. The summed E-state index contributed by atoms with van der Waals surface area (Å²) in [6.07, 6.45) is 1.69. The normalized spacial score (nSPS) is 12.2. The van der Waals surface area contributed by atoms with Gasteiger partial charge in [0, 0.05) is 17.6 Å². The molecule has 0 aliphatic heterocycles. The largest absolute Gasteiger partial charge is 0.480 e. The number of carbonyl (C=O) groups excluding carboxylic acids is 1. The van der Waals surface area contributed by atoms with Crippen LogP contribution in [0.15, 0.2) is 30.5 Å². The lowest BCUT2D eigenvalue weighted by Crippen LogP contribution is -2.44. The Balaban J connectivity index is 2.35. The van der Waals surface area contributed by atoms with E-state index in [0.29, 0.717) is 5.56 Å². The van der Waals surface area contributed by atoms with E-state index < -0.39 is 12.0 Å². The third-order valence-electron chi connectivity index (χ3n) is 3.77. The van der Waals surface area contributed by atoms with Crippen molar-refractivity contribution < 1.29 is 14.7 Å². The van der Waals surface area contributed by atoms with Gasteiger partial charge in [0.1, 0.15) is 11.9 Å². The van der Waals surface area contributed by atoms with Crippen LogP contribution in [0.25, 0.3) is 5.82 Å². The van der Waals surface area contributed by atoms with Gasteiger partial charge in [-0.05, 0) is 38.0 Å². The van der Waals surface area contributed by atoms with Crippen molar-refractivity contribution in [2.75, 3.05) is 0 Å². The Morgan fingerprint density at radius 1 is 1.26 bits per heavy atom. The first-order valence-electron chi connectivity index (χ1n) is 7.47. The van der Waals surface area contributed by atoms with Gasteiger partial charge < -0.3 is 15.0 Å². The highest BCUT2D eigenvalue weighted by atomic mass is 16.4. The summed E-state index contributed by atoms with van der Waals surface area (Å²) in [5.74, 6) is -0.899. The van der Waals surface area contributed by atoms with Gasteiger partial charge in [-0.15, -0.1) is 0 Å². The van der Waals surface area contributed by atoms with Crippen molar-refractivity contribution in [1.82, 2.24) is 14.9 Å². The summed E-state index contributed by atoms with van der Waals surface area (Å²) in [5.41, 5.74) is 2.05. The molecule has 0 bridgehead atoms. The number of aromatic nitrogens is 2. The molecule has 2 aromatic heterocycles. The van der Waals surface area contributed by atoms with Gasteiger partial charge in [0.05, 0.1) is 5.56 Å². The number of nitrogens with one attached hydrogen (secondary N) is 1. The third kappa shape index (κ3) is 3.41. The van der Waals surface area contributed by atoms with Crippen molar-refractivity contribution in [2.45, 2.75) is 33.7 Å². The second kappa shape index (κ2) is 6.64. The fraction of sp³-hybridized carbons (Fsp3) is 0.353. The minimum Gasteiger partial charge on any atom is -0.480 e. The average molecular weight is 315 g/mol. The number of aryl methyl sites for hydroxylation is 1. The Hall–Kier alpha value is -2.63. The van der Waals surface area contributed by atoms with Gasteiger partial charge >= 0.3 is 5.97 Å². The standard InChI is InChI=1S/C17H21N3O3/c1-10(2)15(17(22)23)19-16(21)13-9-11(3)20(12(13)4)14-7-5-6-8-18-14/h5-10,15H,1-4H3,(H,19,21)(H,22,23)/t15-/m1/s1. The van der Waals surface area contributed by atoms with Crippen LogP contribution in [0.3, 0.4) is 0 Å². The molecule has 0 fully saturated rings. The molecule has 2 N–H and O–H groups in total. The average Bonchev–Trinajstić information content (AvgIpc) is 2.79. The van der Waals surface area contributed by atoms with E-state index in [1.807, 2.05) is 36.6 Å². The van der Waals surface area contributed by atoms with E-state index >= 15 is 0 Å². The van der Waals surface area contributed by atoms with Gasteiger partial charge in [0.15, 0.2) is 0 Å². The van der Waals surface area contributed by atoms with E-state index in [4.69, 9.17) is 0 Å². The van der Waals surface area contributed by atoms with Crippen LogP contribution in [0.1, 0.15) is 35.6 Å². The maximum absolute atomic E-state index is 12.5. The van der Waals surface area contributed by atoms with Crippen LogP contribution in [0.2, 0.25) is 0 Å². The summed E-state index contributed by atoms with van der Waals surface area (Å²) in [4.78, 5) is 28.0. The zero-order chi connectivity index (χ0) is 17.1. The van der Waals surface area contributed by atoms with Crippen molar-refractivity contribution in [3.63, 3.8) is 0 Å². The summed E-state index contributed by atoms with van der Waals surface area (Å²) in [7, 11) is 0. The molecule has 6 heteroatoms. The van der Waals surface area contributed by atoms with Crippen LogP contribution in [0.5, 0.6) is 0 Å². The van der Waals surface area contributed by atoms with E-state index in [-0.39, 0.29) is 11.8 Å². The van der Waals surface area contributed by atoms with E-state index in [0.717, 1.165) is 17.2 Å². The van der Waals surface area contributed by atoms with E-state index in [2.05, 4.69) is 10.3 Å². The molecule has 122 valence electrons. The quantitative estimate of drug-likeness (QED) is 0.887.